The van der Waals surface area contributed by atoms with Crippen LogP contribution in [0.5, 0.6) is 11.5 Å². The number of carbonyl (C=O) groups is 1. The van der Waals surface area contributed by atoms with Crippen molar-refractivity contribution in [3.63, 3.8) is 0 Å². The summed E-state index contributed by atoms with van der Waals surface area (Å²) >= 11 is 0. The number of benzene rings is 1. The minimum Gasteiger partial charge on any atom is -0.497 e. The Balaban J connectivity index is 2.30. The lowest BCUT2D eigenvalue weighted by Crippen LogP contribution is -1.98. The zero-order chi connectivity index (χ0) is 15.7. The van der Waals surface area contributed by atoms with Crippen molar-refractivity contribution < 1.29 is 19.4 Å². The number of hydrogen-bond acceptors (Lipinski definition) is 3. The summed E-state index contributed by atoms with van der Waals surface area (Å²) in [5.74, 6) is 0.251. The third-order valence-electron chi connectivity index (χ3n) is 3.60. The summed E-state index contributed by atoms with van der Waals surface area (Å²) in [7, 11) is 3.12. The molecule has 22 heavy (non-hydrogen) atoms. The van der Waals surface area contributed by atoms with Crippen molar-refractivity contribution in [3.8, 4) is 22.6 Å². The fraction of sp³-hybridized carbons (Fsp3) is 0.118. The molecule has 0 aliphatic rings. The number of aromatic carboxylic acids is 1. The number of methoxy groups -OCH3 is 2. The van der Waals surface area contributed by atoms with E-state index >= 15 is 0 Å². The molecule has 0 spiro atoms. The Morgan fingerprint density at radius 2 is 1.91 bits per heavy atom. The molecule has 112 valence electrons. The number of fused-ring (bicyclic) bond motifs is 1. The van der Waals surface area contributed by atoms with Crippen LogP contribution in [0.25, 0.3) is 16.6 Å². The number of ether oxygens (including phenoxy) is 2. The molecule has 0 radical (unpaired) electrons. The van der Waals surface area contributed by atoms with Crippen molar-refractivity contribution in [1.82, 2.24) is 4.40 Å². The molecule has 2 aromatic heterocycles. The zero-order valence-corrected chi connectivity index (χ0v) is 12.2. The summed E-state index contributed by atoms with van der Waals surface area (Å²) in [6, 6.07) is 10.8. The second kappa shape index (κ2) is 5.44. The summed E-state index contributed by atoms with van der Waals surface area (Å²) < 4.78 is 12.4. The number of nitrogens with zero attached hydrogens (tertiary/aromatic N) is 1. The fourth-order valence-corrected chi connectivity index (χ4v) is 2.57. The molecule has 5 heteroatoms. The molecule has 3 aromatic rings. The quantitative estimate of drug-likeness (QED) is 0.802. The van der Waals surface area contributed by atoms with Crippen LogP contribution in [0.4, 0.5) is 0 Å². The average molecular weight is 297 g/mol. The molecule has 2 heterocycles. The Morgan fingerprint density at radius 1 is 1.09 bits per heavy atom. The average Bonchev–Trinajstić information content (AvgIpc) is 2.93. The molecule has 0 fully saturated rings. The standard InChI is InChI=1S/C17H15NO4/c1-21-11-6-7-12(15(9-11)22-2)13-10-18-8-4-3-5-14(18)16(13)17(19)20/h3-10H,1-2H3,(H,19,20). The van der Waals surface area contributed by atoms with E-state index in [0.717, 1.165) is 0 Å². The summed E-state index contributed by atoms with van der Waals surface area (Å²) in [6.45, 7) is 0. The van der Waals surface area contributed by atoms with Gasteiger partial charge in [0.15, 0.2) is 0 Å². The number of hydrogen-bond donors (Lipinski definition) is 1. The van der Waals surface area contributed by atoms with E-state index in [1.165, 1.54) is 0 Å². The summed E-state index contributed by atoms with van der Waals surface area (Å²) in [4.78, 5) is 11.7. The Labute approximate surface area is 127 Å². The molecule has 0 unspecified atom stereocenters. The normalized spacial score (nSPS) is 10.6. The molecule has 3 rings (SSSR count). The molecule has 5 nitrogen and oxygen atoms in total. The fourth-order valence-electron chi connectivity index (χ4n) is 2.57. The largest absolute Gasteiger partial charge is 0.497 e. The lowest BCUT2D eigenvalue weighted by Gasteiger charge is -2.10. The smallest absolute Gasteiger partial charge is 0.338 e. The van der Waals surface area contributed by atoms with E-state index < -0.39 is 5.97 Å². The van der Waals surface area contributed by atoms with Crippen LogP contribution in [0.2, 0.25) is 0 Å². The summed E-state index contributed by atoms with van der Waals surface area (Å²) in [5.41, 5.74) is 2.22. The monoisotopic (exact) mass is 297 g/mol. The third kappa shape index (κ3) is 2.16. The second-order valence-electron chi connectivity index (χ2n) is 4.78. The van der Waals surface area contributed by atoms with Crippen molar-refractivity contribution in [3.05, 3.63) is 54.4 Å². The first-order valence-corrected chi connectivity index (χ1v) is 6.71. The van der Waals surface area contributed by atoms with E-state index in [0.29, 0.717) is 28.1 Å². The molecular formula is C17H15NO4. The molecule has 1 N–H and O–H groups in total. The predicted octanol–water partition coefficient (Wildman–Crippen LogP) is 3.32. The molecule has 0 atom stereocenters. The molecule has 0 saturated carbocycles. The number of rotatable bonds is 4. The molecule has 0 aliphatic heterocycles. The highest BCUT2D eigenvalue weighted by molar-refractivity contribution is 6.04. The van der Waals surface area contributed by atoms with Crippen LogP contribution in [0.15, 0.2) is 48.8 Å². The van der Waals surface area contributed by atoms with Crippen LogP contribution in [-0.2, 0) is 0 Å². The third-order valence-corrected chi connectivity index (χ3v) is 3.60. The Morgan fingerprint density at radius 3 is 2.59 bits per heavy atom. The van der Waals surface area contributed by atoms with Crippen LogP contribution >= 0.6 is 0 Å². The molecule has 0 amide bonds. The molecule has 0 aliphatic carbocycles. The highest BCUT2D eigenvalue weighted by atomic mass is 16.5. The van der Waals surface area contributed by atoms with Gasteiger partial charge in [-0.1, -0.05) is 6.07 Å². The van der Waals surface area contributed by atoms with Gasteiger partial charge in [-0.05, 0) is 24.3 Å². The van der Waals surface area contributed by atoms with Crippen molar-refractivity contribution in [2.24, 2.45) is 0 Å². The van der Waals surface area contributed by atoms with Gasteiger partial charge in [0.1, 0.15) is 11.5 Å². The van der Waals surface area contributed by atoms with Gasteiger partial charge in [0.25, 0.3) is 0 Å². The molecular weight excluding hydrogens is 282 g/mol. The van der Waals surface area contributed by atoms with Gasteiger partial charge >= 0.3 is 5.97 Å². The molecule has 1 aromatic carbocycles. The molecule has 0 saturated heterocycles. The number of carboxylic acid groups (broad SMARTS) is 1. The maximum Gasteiger partial charge on any atom is 0.338 e. The Hall–Kier alpha value is -2.95. The van der Waals surface area contributed by atoms with E-state index in [1.54, 1.807) is 49.1 Å². The van der Waals surface area contributed by atoms with E-state index in [2.05, 4.69) is 0 Å². The van der Waals surface area contributed by atoms with Gasteiger partial charge in [-0.2, -0.15) is 0 Å². The van der Waals surface area contributed by atoms with E-state index in [-0.39, 0.29) is 5.56 Å². The summed E-state index contributed by atoms with van der Waals surface area (Å²) in [6.07, 6.45) is 3.62. The number of pyridine rings is 1. The van der Waals surface area contributed by atoms with Crippen molar-refractivity contribution in [2.45, 2.75) is 0 Å². The zero-order valence-electron chi connectivity index (χ0n) is 12.2. The van der Waals surface area contributed by atoms with E-state index in [9.17, 15) is 9.90 Å². The lowest BCUT2D eigenvalue weighted by molar-refractivity contribution is 0.0700. The highest BCUT2D eigenvalue weighted by Crippen LogP contribution is 2.37. The van der Waals surface area contributed by atoms with Crippen LogP contribution in [0.3, 0.4) is 0 Å². The van der Waals surface area contributed by atoms with E-state index in [4.69, 9.17) is 9.47 Å². The number of carboxylic acids is 1. The maximum absolute atomic E-state index is 11.7. The minimum atomic E-state index is -0.971. The first-order chi connectivity index (χ1) is 10.7. The van der Waals surface area contributed by atoms with Gasteiger partial charge in [-0.15, -0.1) is 0 Å². The van der Waals surface area contributed by atoms with Crippen LogP contribution in [0.1, 0.15) is 10.4 Å². The minimum absolute atomic E-state index is 0.254. The second-order valence-corrected chi connectivity index (χ2v) is 4.78. The first-order valence-electron chi connectivity index (χ1n) is 6.71. The SMILES string of the molecule is COc1ccc(-c2cn3ccccc3c2C(=O)O)c(OC)c1. The summed E-state index contributed by atoms with van der Waals surface area (Å²) in [5, 5.41) is 9.60. The first kappa shape index (κ1) is 14.0. The van der Waals surface area contributed by atoms with Crippen molar-refractivity contribution in [2.75, 3.05) is 14.2 Å². The van der Waals surface area contributed by atoms with Gasteiger partial charge in [0.05, 0.1) is 25.3 Å². The lowest BCUT2D eigenvalue weighted by atomic mass is 10.0. The van der Waals surface area contributed by atoms with Gasteiger partial charge in [-0.3, -0.25) is 0 Å². The van der Waals surface area contributed by atoms with Gasteiger partial charge in [0.2, 0.25) is 0 Å². The Kier molecular flexibility index (Phi) is 3.47. The predicted molar refractivity (Wildman–Crippen MR) is 82.9 cm³/mol. The Bertz CT molecular complexity index is 851. The molecule has 0 bridgehead atoms. The van der Waals surface area contributed by atoms with Gasteiger partial charge in [-0.25, -0.2) is 4.79 Å². The van der Waals surface area contributed by atoms with Gasteiger partial charge < -0.3 is 19.0 Å². The van der Waals surface area contributed by atoms with E-state index in [1.807, 2.05) is 18.3 Å². The highest BCUT2D eigenvalue weighted by Gasteiger charge is 2.20. The van der Waals surface area contributed by atoms with Gasteiger partial charge in [0, 0.05) is 29.6 Å². The van der Waals surface area contributed by atoms with Crippen molar-refractivity contribution in [1.29, 1.82) is 0 Å². The van der Waals surface area contributed by atoms with Crippen LogP contribution < -0.4 is 9.47 Å². The van der Waals surface area contributed by atoms with Crippen molar-refractivity contribution >= 4 is 11.5 Å². The maximum atomic E-state index is 11.7. The topological polar surface area (TPSA) is 60.2 Å². The van der Waals surface area contributed by atoms with Crippen LogP contribution in [-0.4, -0.2) is 29.7 Å². The van der Waals surface area contributed by atoms with Crippen LogP contribution in [0, 0.1) is 0 Å². The number of aromatic nitrogens is 1.